The van der Waals surface area contributed by atoms with Gasteiger partial charge in [-0.2, -0.15) is 0 Å². The molecule has 1 aromatic carbocycles. The Morgan fingerprint density at radius 2 is 2.31 bits per heavy atom. The zero-order valence-corrected chi connectivity index (χ0v) is 9.11. The van der Waals surface area contributed by atoms with E-state index in [1.54, 1.807) is 12.1 Å². The molecule has 1 aliphatic rings. The monoisotopic (exact) mass is 223 g/mol. The maximum Gasteiger partial charge on any atom is 0.436 e. The minimum absolute atomic E-state index is 0.294. The second-order valence-corrected chi connectivity index (χ2v) is 4.28. The first-order chi connectivity index (χ1) is 7.52. The summed E-state index contributed by atoms with van der Waals surface area (Å²) in [4.78, 5) is 10.9. The molecule has 0 bridgehead atoms. The van der Waals surface area contributed by atoms with E-state index in [0.717, 1.165) is 12.0 Å². The number of amides is 1. The Morgan fingerprint density at radius 3 is 3.00 bits per heavy atom. The molecule has 0 saturated heterocycles. The third-order valence-electron chi connectivity index (χ3n) is 2.35. The van der Waals surface area contributed by atoms with Crippen molar-refractivity contribution in [3.63, 3.8) is 0 Å². The van der Waals surface area contributed by atoms with Crippen molar-refractivity contribution in [1.82, 2.24) is 5.48 Å². The number of nitrogens with one attached hydrogen (secondary N) is 1. The molecular formula is C11H13NO4. The molecule has 1 heterocycles. The molecule has 86 valence electrons. The fourth-order valence-corrected chi connectivity index (χ4v) is 1.79. The van der Waals surface area contributed by atoms with E-state index in [9.17, 15) is 4.79 Å². The minimum atomic E-state index is -0.929. The normalized spacial score (nSPS) is 16.2. The lowest BCUT2D eigenvalue weighted by molar-refractivity contribution is 0.117. The number of fused-ring (bicyclic) bond motifs is 1. The summed E-state index contributed by atoms with van der Waals surface area (Å²) in [6.07, 6.45) is -0.165. The van der Waals surface area contributed by atoms with Gasteiger partial charge in [-0.15, -0.1) is 0 Å². The summed E-state index contributed by atoms with van der Waals surface area (Å²) in [5.74, 6) is 0.880. The van der Waals surface area contributed by atoms with Gasteiger partial charge in [0.25, 0.3) is 0 Å². The highest BCUT2D eigenvalue weighted by Crippen LogP contribution is 2.41. The molecule has 16 heavy (non-hydrogen) atoms. The lowest BCUT2D eigenvalue weighted by Gasteiger charge is -2.17. The van der Waals surface area contributed by atoms with Gasteiger partial charge in [0.2, 0.25) is 0 Å². The van der Waals surface area contributed by atoms with Crippen LogP contribution in [0, 0.1) is 0 Å². The first-order valence-electron chi connectivity index (χ1n) is 4.95. The van der Waals surface area contributed by atoms with E-state index >= 15 is 0 Å². The van der Waals surface area contributed by atoms with Gasteiger partial charge in [-0.05, 0) is 19.9 Å². The van der Waals surface area contributed by atoms with E-state index in [1.807, 2.05) is 19.9 Å². The first kappa shape index (κ1) is 10.8. The van der Waals surface area contributed by atoms with Crippen LogP contribution in [0.25, 0.3) is 0 Å². The molecule has 0 atom stereocenters. The SMILES string of the molecule is CC1(C)Cc2cccc(OC(=O)NO)c2O1. The van der Waals surface area contributed by atoms with Crippen LogP contribution in [0.15, 0.2) is 18.2 Å². The number of carbonyl (C=O) groups is 1. The number of hydrogen-bond acceptors (Lipinski definition) is 4. The van der Waals surface area contributed by atoms with Crippen molar-refractivity contribution in [2.45, 2.75) is 25.9 Å². The van der Waals surface area contributed by atoms with Crippen molar-refractivity contribution in [2.75, 3.05) is 0 Å². The van der Waals surface area contributed by atoms with Gasteiger partial charge in [0.1, 0.15) is 5.60 Å². The van der Waals surface area contributed by atoms with Crippen LogP contribution in [0.1, 0.15) is 19.4 Å². The van der Waals surface area contributed by atoms with Crippen LogP contribution in [0.2, 0.25) is 0 Å². The third-order valence-corrected chi connectivity index (χ3v) is 2.35. The van der Waals surface area contributed by atoms with Crippen LogP contribution >= 0.6 is 0 Å². The Kier molecular flexibility index (Phi) is 2.47. The molecule has 2 N–H and O–H groups in total. The molecule has 1 aromatic rings. The third kappa shape index (κ3) is 1.94. The Balaban J connectivity index is 2.30. The first-order valence-corrected chi connectivity index (χ1v) is 4.95. The predicted octanol–water partition coefficient (Wildman–Crippen LogP) is 1.88. The van der Waals surface area contributed by atoms with Crippen molar-refractivity contribution in [2.24, 2.45) is 0 Å². The summed E-state index contributed by atoms with van der Waals surface area (Å²) in [6.45, 7) is 3.92. The summed E-state index contributed by atoms with van der Waals surface area (Å²) in [5.41, 5.74) is 2.11. The van der Waals surface area contributed by atoms with Crippen LogP contribution in [0.3, 0.4) is 0 Å². The Hall–Kier alpha value is -1.75. The van der Waals surface area contributed by atoms with Gasteiger partial charge in [-0.3, -0.25) is 5.21 Å². The largest absolute Gasteiger partial charge is 0.483 e. The maximum absolute atomic E-state index is 10.9. The lowest BCUT2D eigenvalue weighted by Crippen LogP contribution is -2.25. The second kappa shape index (κ2) is 3.68. The summed E-state index contributed by atoms with van der Waals surface area (Å²) < 4.78 is 10.6. The highest BCUT2D eigenvalue weighted by atomic mass is 16.6. The predicted molar refractivity (Wildman–Crippen MR) is 55.8 cm³/mol. The molecule has 0 aromatic heterocycles. The number of carbonyl (C=O) groups excluding carboxylic acids is 1. The van der Waals surface area contributed by atoms with Crippen LogP contribution in [-0.4, -0.2) is 16.9 Å². The number of hydroxylamine groups is 1. The van der Waals surface area contributed by atoms with E-state index < -0.39 is 6.09 Å². The molecule has 5 nitrogen and oxygen atoms in total. The van der Waals surface area contributed by atoms with Gasteiger partial charge in [-0.1, -0.05) is 12.1 Å². The second-order valence-electron chi connectivity index (χ2n) is 4.28. The van der Waals surface area contributed by atoms with E-state index in [2.05, 4.69) is 0 Å². The zero-order valence-electron chi connectivity index (χ0n) is 9.11. The smallest absolute Gasteiger partial charge is 0.436 e. The van der Waals surface area contributed by atoms with Crippen molar-refractivity contribution in [1.29, 1.82) is 0 Å². The summed E-state index contributed by atoms with van der Waals surface area (Å²) in [7, 11) is 0. The van der Waals surface area contributed by atoms with Gasteiger partial charge in [-0.25, -0.2) is 10.3 Å². The lowest BCUT2D eigenvalue weighted by atomic mass is 10.0. The average Bonchev–Trinajstić information content (AvgIpc) is 2.53. The molecule has 2 rings (SSSR count). The highest BCUT2D eigenvalue weighted by Gasteiger charge is 2.32. The van der Waals surface area contributed by atoms with Crippen LogP contribution < -0.4 is 15.0 Å². The van der Waals surface area contributed by atoms with Crippen LogP contribution in [-0.2, 0) is 6.42 Å². The Morgan fingerprint density at radius 1 is 1.56 bits per heavy atom. The van der Waals surface area contributed by atoms with Crippen molar-refractivity contribution < 1.29 is 19.5 Å². The number of benzene rings is 1. The van der Waals surface area contributed by atoms with E-state index in [4.69, 9.17) is 14.7 Å². The van der Waals surface area contributed by atoms with Crippen molar-refractivity contribution >= 4 is 6.09 Å². The minimum Gasteiger partial charge on any atom is -0.483 e. The van der Waals surface area contributed by atoms with Gasteiger partial charge in [0.05, 0.1) is 0 Å². The molecule has 1 amide bonds. The molecule has 1 aliphatic heterocycles. The number of hydrogen-bond donors (Lipinski definition) is 2. The highest BCUT2D eigenvalue weighted by molar-refractivity contribution is 5.70. The van der Waals surface area contributed by atoms with Gasteiger partial charge in [0.15, 0.2) is 11.5 Å². The van der Waals surface area contributed by atoms with Gasteiger partial charge >= 0.3 is 6.09 Å². The standard InChI is InChI=1S/C11H13NO4/c1-11(2)6-7-4-3-5-8(9(7)16-11)15-10(13)12-14/h3-5,14H,6H2,1-2H3,(H,12,13). The summed E-state index contributed by atoms with van der Waals surface area (Å²) in [5, 5.41) is 8.38. The van der Waals surface area contributed by atoms with Gasteiger partial charge < -0.3 is 9.47 Å². The molecule has 0 fully saturated rings. The summed E-state index contributed by atoms with van der Waals surface area (Å²) >= 11 is 0. The fourth-order valence-electron chi connectivity index (χ4n) is 1.79. The Bertz CT molecular complexity index is 428. The topological polar surface area (TPSA) is 67.8 Å². The molecule has 5 heteroatoms. The van der Waals surface area contributed by atoms with Crippen LogP contribution in [0.4, 0.5) is 4.79 Å². The average molecular weight is 223 g/mol. The molecule has 0 spiro atoms. The maximum atomic E-state index is 10.9. The number of rotatable bonds is 1. The Labute approximate surface area is 92.9 Å². The molecule has 0 saturated carbocycles. The van der Waals surface area contributed by atoms with E-state index in [-0.39, 0.29) is 5.60 Å². The molecule has 0 unspecified atom stereocenters. The molecule has 0 radical (unpaired) electrons. The van der Waals surface area contributed by atoms with Crippen LogP contribution in [0.5, 0.6) is 11.5 Å². The van der Waals surface area contributed by atoms with E-state index in [1.165, 1.54) is 5.48 Å². The van der Waals surface area contributed by atoms with Gasteiger partial charge in [0, 0.05) is 12.0 Å². The van der Waals surface area contributed by atoms with Crippen molar-refractivity contribution in [3.8, 4) is 11.5 Å². The zero-order chi connectivity index (χ0) is 11.8. The van der Waals surface area contributed by atoms with E-state index in [0.29, 0.717) is 11.5 Å². The summed E-state index contributed by atoms with van der Waals surface area (Å²) in [6, 6.07) is 5.33. The number of ether oxygens (including phenoxy) is 2. The molecular weight excluding hydrogens is 210 g/mol. The molecule has 0 aliphatic carbocycles. The number of para-hydroxylation sites is 1. The van der Waals surface area contributed by atoms with Crippen molar-refractivity contribution in [3.05, 3.63) is 23.8 Å². The fraction of sp³-hybridized carbons (Fsp3) is 0.364. The quantitative estimate of drug-likeness (QED) is 0.563.